The fourth-order valence-electron chi connectivity index (χ4n) is 2.53. The molecule has 0 saturated carbocycles. The van der Waals surface area contributed by atoms with E-state index in [0.717, 1.165) is 12.1 Å². The van der Waals surface area contributed by atoms with Gasteiger partial charge in [0.2, 0.25) is 0 Å². The third-order valence-corrected chi connectivity index (χ3v) is 3.84. The van der Waals surface area contributed by atoms with Crippen molar-refractivity contribution >= 4 is 29.1 Å². The third-order valence-electron chi connectivity index (χ3n) is 3.84. The summed E-state index contributed by atoms with van der Waals surface area (Å²) in [5, 5.41) is 23.4. The molecule has 0 saturated heterocycles. The number of phenolic OH excluding ortho intramolecular Hbond substituents is 1. The number of carbonyl (C=O) groups is 2. The number of rotatable bonds is 5. The maximum absolute atomic E-state index is 12.4. The van der Waals surface area contributed by atoms with Gasteiger partial charge in [0.05, 0.1) is 29.4 Å². The van der Waals surface area contributed by atoms with Gasteiger partial charge in [0.15, 0.2) is 23.9 Å². The molecule has 27 heavy (non-hydrogen) atoms. The average Bonchev–Trinajstić information content (AvgIpc) is 2.65. The second kappa shape index (κ2) is 7.16. The summed E-state index contributed by atoms with van der Waals surface area (Å²) >= 11 is 0. The fourth-order valence-corrected chi connectivity index (χ4v) is 2.53. The Labute approximate surface area is 153 Å². The van der Waals surface area contributed by atoms with Crippen molar-refractivity contribution in [2.45, 2.75) is 0 Å². The summed E-state index contributed by atoms with van der Waals surface area (Å²) in [4.78, 5) is 34.3. The molecule has 1 heterocycles. The minimum absolute atomic E-state index is 0.0429. The lowest BCUT2D eigenvalue weighted by Gasteiger charge is -2.17. The largest absolute Gasteiger partial charge is 0.504 e. The molecule has 0 atom stereocenters. The number of nitro benzene ring substituents is 1. The number of hydrogen-bond donors (Lipinski definition) is 2. The van der Waals surface area contributed by atoms with Crippen LogP contribution in [0.25, 0.3) is 6.08 Å². The Morgan fingerprint density at radius 1 is 1.37 bits per heavy atom. The molecule has 0 unspecified atom stereocenters. The molecule has 0 aliphatic carbocycles. The van der Waals surface area contributed by atoms with Gasteiger partial charge in [-0.15, -0.1) is 0 Å². The molecule has 1 aliphatic rings. The number of ketones is 1. The number of carbonyl (C=O) groups excluding carboxylic acids is 2. The smallest absolute Gasteiger partial charge is 0.280 e. The van der Waals surface area contributed by atoms with Gasteiger partial charge in [-0.2, -0.15) is 0 Å². The number of amides is 1. The Morgan fingerprint density at radius 2 is 2.15 bits per heavy atom. The molecular weight excluding hydrogens is 356 g/mol. The number of benzene rings is 2. The quantitative estimate of drug-likeness (QED) is 0.358. The highest BCUT2D eigenvalue weighted by atomic mass is 16.6. The number of allylic oxidation sites excluding steroid dienone is 1. The lowest BCUT2D eigenvalue weighted by molar-refractivity contribution is -0.385. The van der Waals surface area contributed by atoms with Crippen LogP contribution in [0.4, 0.5) is 11.4 Å². The number of aromatic hydroxyl groups is 1. The van der Waals surface area contributed by atoms with Gasteiger partial charge in [0, 0.05) is 5.56 Å². The number of anilines is 1. The number of nitrogens with zero attached hydrogens (tertiary/aromatic N) is 1. The van der Waals surface area contributed by atoms with Crippen molar-refractivity contribution < 1.29 is 29.1 Å². The Bertz CT molecular complexity index is 982. The highest BCUT2D eigenvalue weighted by molar-refractivity contribution is 6.08. The van der Waals surface area contributed by atoms with E-state index in [1.54, 1.807) is 6.07 Å². The number of ether oxygens (including phenoxy) is 2. The van der Waals surface area contributed by atoms with Crippen LogP contribution >= 0.6 is 0 Å². The van der Waals surface area contributed by atoms with E-state index in [0.29, 0.717) is 11.4 Å². The normalized spacial score (nSPS) is 12.9. The van der Waals surface area contributed by atoms with Crippen molar-refractivity contribution in [3.63, 3.8) is 0 Å². The standard InChI is InChI=1S/C18H14N2O7/c1-26-17-7-10(13(20(24)25)8-15(17)22)2-4-14(21)11-3-5-16-12(6-11)19-18(23)9-27-16/h2-8,22H,9H2,1H3,(H,19,23)/b4-2+. The van der Waals surface area contributed by atoms with Crippen molar-refractivity contribution in [1.82, 2.24) is 0 Å². The van der Waals surface area contributed by atoms with Gasteiger partial charge in [-0.3, -0.25) is 19.7 Å². The average molecular weight is 370 g/mol. The summed E-state index contributed by atoms with van der Waals surface area (Å²) < 4.78 is 10.2. The van der Waals surface area contributed by atoms with Crippen LogP contribution in [0.15, 0.2) is 36.4 Å². The first-order valence-corrected chi connectivity index (χ1v) is 7.73. The van der Waals surface area contributed by atoms with Gasteiger partial charge < -0.3 is 19.9 Å². The molecule has 0 spiro atoms. The highest BCUT2D eigenvalue weighted by Crippen LogP contribution is 2.34. The number of nitrogens with one attached hydrogen (secondary N) is 1. The van der Waals surface area contributed by atoms with Gasteiger partial charge >= 0.3 is 0 Å². The molecule has 9 heteroatoms. The second-order valence-electron chi connectivity index (χ2n) is 5.59. The lowest BCUT2D eigenvalue weighted by Crippen LogP contribution is -2.25. The molecule has 9 nitrogen and oxygen atoms in total. The molecule has 138 valence electrons. The summed E-state index contributed by atoms with van der Waals surface area (Å²) in [6, 6.07) is 6.76. The number of methoxy groups -OCH3 is 1. The van der Waals surface area contributed by atoms with Crippen LogP contribution in [-0.4, -0.2) is 35.4 Å². The fraction of sp³-hybridized carbons (Fsp3) is 0.111. The molecule has 3 rings (SSSR count). The predicted molar refractivity (Wildman–Crippen MR) is 95.2 cm³/mol. The summed E-state index contributed by atoms with van der Waals surface area (Å²) in [6.45, 7) is -0.0907. The van der Waals surface area contributed by atoms with Gasteiger partial charge in [0.25, 0.3) is 11.6 Å². The minimum Gasteiger partial charge on any atom is -0.504 e. The van der Waals surface area contributed by atoms with Crippen LogP contribution in [0.5, 0.6) is 17.2 Å². The molecule has 1 amide bonds. The Hall–Kier alpha value is -3.88. The first-order chi connectivity index (χ1) is 12.9. The minimum atomic E-state index is -0.672. The lowest BCUT2D eigenvalue weighted by atomic mass is 10.1. The molecular formula is C18H14N2O7. The first kappa shape index (κ1) is 17.9. The Kier molecular flexibility index (Phi) is 4.75. The second-order valence-corrected chi connectivity index (χ2v) is 5.59. The van der Waals surface area contributed by atoms with E-state index in [2.05, 4.69) is 5.32 Å². The number of fused-ring (bicyclic) bond motifs is 1. The maximum Gasteiger partial charge on any atom is 0.280 e. The van der Waals surface area contributed by atoms with E-state index in [1.165, 1.54) is 31.4 Å². The summed E-state index contributed by atoms with van der Waals surface area (Å²) in [6.07, 6.45) is 2.42. The molecule has 0 bridgehead atoms. The van der Waals surface area contributed by atoms with Gasteiger partial charge in [-0.1, -0.05) is 0 Å². The van der Waals surface area contributed by atoms with Crippen molar-refractivity contribution in [2.75, 3.05) is 19.0 Å². The van der Waals surface area contributed by atoms with Crippen molar-refractivity contribution in [1.29, 1.82) is 0 Å². The molecule has 2 N–H and O–H groups in total. The van der Waals surface area contributed by atoms with Crippen LogP contribution < -0.4 is 14.8 Å². The molecule has 2 aromatic carbocycles. The van der Waals surface area contributed by atoms with E-state index in [-0.39, 0.29) is 40.8 Å². The van der Waals surface area contributed by atoms with Crippen LogP contribution in [0.3, 0.4) is 0 Å². The van der Waals surface area contributed by atoms with E-state index in [4.69, 9.17) is 9.47 Å². The van der Waals surface area contributed by atoms with Gasteiger partial charge in [-0.25, -0.2) is 0 Å². The van der Waals surface area contributed by atoms with E-state index in [1.807, 2.05) is 0 Å². The summed E-state index contributed by atoms with van der Waals surface area (Å²) in [5.41, 5.74) is 0.369. The zero-order valence-corrected chi connectivity index (χ0v) is 14.1. The molecule has 0 fully saturated rings. The summed E-state index contributed by atoms with van der Waals surface area (Å²) in [5.74, 6) is -0.637. The highest BCUT2D eigenvalue weighted by Gasteiger charge is 2.19. The third kappa shape index (κ3) is 3.71. The van der Waals surface area contributed by atoms with Crippen LogP contribution in [0, 0.1) is 10.1 Å². The van der Waals surface area contributed by atoms with Crippen LogP contribution in [-0.2, 0) is 4.79 Å². The Morgan fingerprint density at radius 3 is 2.85 bits per heavy atom. The molecule has 1 aliphatic heterocycles. The van der Waals surface area contributed by atoms with Crippen molar-refractivity contribution in [3.05, 3.63) is 57.6 Å². The summed E-state index contributed by atoms with van der Waals surface area (Å²) in [7, 11) is 1.31. The SMILES string of the molecule is COc1cc(/C=C/C(=O)c2ccc3c(c2)NC(=O)CO3)c([N+](=O)[O-])cc1O. The van der Waals surface area contributed by atoms with Crippen molar-refractivity contribution in [2.24, 2.45) is 0 Å². The zero-order valence-electron chi connectivity index (χ0n) is 14.1. The Balaban J connectivity index is 1.90. The topological polar surface area (TPSA) is 128 Å². The monoisotopic (exact) mass is 370 g/mol. The molecule has 2 aromatic rings. The molecule has 0 radical (unpaired) electrons. The van der Waals surface area contributed by atoms with Crippen LogP contribution in [0.1, 0.15) is 15.9 Å². The van der Waals surface area contributed by atoms with E-state index in [9.17, 15) is 24.8 Å². The van der Waals surface area contributed by atoms with Crippen molar-refractivity contribution in [3.8, 4) is 17.2 Å². The zero-order chi connectivity index (χ0) is 19.6. The first-order valence-electron chi connectivity index (χ1n) is 7.73. The van der Waals surface area contributed by atoms with Crippen LogP contribution in [0.2, 0.25) is 0 Å². The molecule has 0 aromatic heterocycles. The number of nitro groups is 1. The van der Waals surface area contributed by atoms with Gasteiger partial charge in [-0.05, 0) is 36.4 Å². The van der Waals surface area contributed by atoms with Gasteiger partial charge in [0.1, 0.15) is 5.75 Å². The van der Waals surface area contributed by atoms with E-state index < -0.39 is 10.7 Å². The maximum atomic E-state index is 12.4. The number of phenols is 1. The van der Waals surface area contributed by atoms with E-state index >= 15 is 0 Å². The number of hydrogen-bond acceptors (Lipinski definition) is 7. The predicted octanol–water partition coefficient (Wildman–Crippen LogP) is 2.54.